The van der Waals surface area contributed by atoms with Crippen LogP contribution in [0.25, 0.3) is 0 Å². The summed E-state index contributed by atoms with van der Waals surface area (Å²) in [5.41, 5.74) is 3.08. The van der Waals surface area contributed by atoms with Gasteiger partial charge in [-0.15, -0.1) is 0 Å². The maximum absolute atomic E-state index is 12.4. The zero-order valence-corrected chi connectivity index (χ0v) is 19.7. The summed E-state index contributed by atoms with van der Waals surface area (Å²) in [6, 6.07) is 0. The van der Waals surface area contributed by atoms with E-state index < -0.39 is 0 Å². The van der Waals surface area contributed by atoms with E-state index >= 15 is 0 Å². The molecule has 0 unspecified atom stereocenters. The highest BCUT2D eigenvalue weighted by atomic mass is 16.3. The fraction of sp³-hybridized carbons (Fsp3) is 0.815. The first kappa shape index (κ1) is 22.3. The highest BCUT2D eigenvalue weighted by molar-refractivity contribution is 5.90. The predicted octanol–water partition coefficient (Wildman–Crippen LogP) is 5.46. The van der Waals surface area contributed by atoms with E-state index in [2.05, 4.69) is 40.7 Å². The van der Waals surface area contributed by atoms with Gasteiger partial charge in [-0.25, -0.2) is 0 Å². The van der Waals surface area contributed by atoms with Gasteiger partial charge < -0.3 is 10.2 Å². The molecule has 4 aliphatic rings. The molecular weight excluding hydrogens is 372 g/mol. The number of ketones is 1. The summed E-state index contributed by atoms with van der Waals surface area (Å²) < 4.78 is 0. The number of fused-ring (bicyclic) bond motifs is 5. The van der Waals surface area contributed by atoms with Crippen LogP contribution in [-0.2, 0) is 4.79 Å². The summed E-state index contributed by atoms with van der Waals surface area (Å²) in [4.78, 5) is 12.4. The van der Waals surface area contributed by atoms with Gasteiger partial charge >= 0.3 is 0 Å². The standard InChI is InChI=1S/C27H42O3/c1-16(2)12-19(29)13-17(3)21-6-7-22-20-15-25(30)24-14-18(28)8-10-27(24,5)23(20)9-11-26(21,22)4/h9,13,16,18,20-22,24-25,28,30H,6-8,10-12,14-15H2,1-5H3/b17-13-/t18-,20-,21+,22-,24+,25-,26+,27+/m0/s1. The molecule has 0 saturated heterocycles. The van der Waals surface area contributed by atoms with E-state index in [1.807, 2.05) is 6.08 Å². The van der Waals surface area contributed by atoms with E-state index in [0.717, 1.165) is 38.5 Å². The number of carbonyl (C=O) groups excluding carboxylic acids is 1. The minimum atomic E-state index is -0.308. The molecule has 2 N–H and O–H groups in total. The Hall–Kier alpha value is -0.930. The highest BCUT2D eigenvalue weighted by Crippen LogP contribution is 2.66. The lowest BCUT2D eigenvalue weighted by molar-refractivity contribution is -0.115. The smallest absolute Gasteiger partial charge is 0.155 e. The van der Waals surface area contributed by atoms with Crippen molar-refractivity contribution in [2.45, 2.75) is 98.2 Å². The predicted molar refractivity (Wildman–Crippen MR) is 121 cm³/mol. The summed E-state index contributed by atoms with van der Waals surface area (Å²) in [6.45, 7) is 11.2. The molecule has 3 fully saturated rings. The molecule has 0 amide bonds. The third-order valence-corrected chi connectivity index (χ3v) is 9.56. The van der Waals surface area contributed by atoms with Crippen LogP contribution in [0, 0.1) is 40.4 Å². The Morgan fingerprint density at radius 3 is 2.60 bits per heavy atom. The third-order valence-electron chi connectivity index (χ3n) is 9.56. The maximum atomic E-state index is 12.4. The molecule has 0 spiro atoms. The van der Waals surface area contributed by atoms with Crippen LogP contribution in [0.15, 0.2) is 23.3 Å². The van der Waals surface area contributed by atoms with Gasteiger partial charge in [0.1, 0.15) is 0 Å². The van der Waals surface area contributed by atoms with Gasteiger partial charge in [-0.1, -0.05) is 44.9 Å². The first-order valence-corrected chi connectivity index (χ1v) is 12.3. The number of allylic oxidation sites excluding steroid dienone is 4. The Bertz CT molecular complexity index is 749. The Morgan fingerprint density at radius 2 is 1.90 bits per heavy atom. The van der Waals surface area contributed by atoms with Crippen molar-refractivity contribution in [2.24, 2.45) is 40.4 Å². The molecule has 0 aromatic carbocycles. The van der Waals surface area contributed by atoms with Crippen molar-refractivity contribution >= 4 is 5.78 Å². The molecule has 3 saturated carbocycles. The highest BCUT2D eigenvalue weighted by Gasteiger charge is 2.59. The minimum absolute atomic E-state index is 0.0408. The van der Waals surface area contributed by atoms with E-state index in [1.165, 1.54) is 12.0 Å². The molecule has 3 heteroatoms. The number of hydrogen-bond donors (Lipinski definition) is 2. The van der Waals surface area contributed by atoms with Crippen LogP contribution >= 0.6 is 0 Å². The summed E-state index contributed by atoms with van der Waals surface area (Å²) in [5, 5.41) is 21.3. The molecule has 4 aliphatic carbocycles. The molecule has 0 heterocycles. The van der Waals surface area contributed by atoms with E-state index in [0.29, 0.717) is 30.1 Å². The van der Waals surface area contributed by atoms with Crippen molar-refractivity contribution in [1.29, 1.82) is 0 Å². The molecular formula is C27H42O3. The molecule has 0 radical (unpaired) electrons. The van der Waals surface area contributed by atoms with Gasteiger partial charge in [0.05, 0.1) is 12.2 Å². The Balaban J connectivity index is 1.61. The van der Waals surface area contributed by atoms with Gasteiger partial charge in [0.2, 0.25) is 0 Å². The second kappa shape index (κ2) is 7.89. The first-order valence-electron chi connectivity index (χ1n) is 12.3. The monoisotopic (exact) mass is 414 g/mol. The van der Waals surface area contributed by atoms with E-state index in [9.17, 15) is 15.0 Å². The van der Waals surface area contributed by atoms with Crippen LogP contribution in [0.2, 0.25) is 0 Å². The van der Waals surface area contributed by atoms with Crippen LogP contribution in [0.5, 0.6) is 0 Å². The van der Waals surface area contributed by atoms with Gasteiger partial charge in [0, 0.05) is 6.42 Å². The van der Waals surface area contributed by atoms with Crippen molar-refractivity contribution in [1.82, 2.24) is 0 Å². The van der Waals surface area contributed by atoms with Crippen molar-refractivity contribution in [3.63, 3.8) is 0 Å². The lowest BCUT2D eigenvalue weighted by atomic mass is 9.48. The second-order valence-electron chi connectivity index (χ2n) is 11.9. The average molecular weight is 415 g/mol. The van der Waals surface area contributed by atoms with Crippen molar-refractivity contribution in [2.75, 3.05) is 0 Å². The van der Waals surface area contributed by atoms with Crippen LogP contribution in [-0.4, -0.2) is 28.2 Å². The second-order valence-corrected chi connectivity index (χ2v) is 11.9. The molecule has 3 nitrogen and oxygen atoms in total. The zero-order valence-electron chi connectivity index (χ0n) is 19.7. The number of aliphatic hydroxyl groups excluding tert-OH is 2. The van der Waals surface area contributed by atoms with Gasteiger partial charge in [-0.05, 0) is 98.4 Å². The molecule has 0 bridgehead atoms. The quantitative estimate of drug-likeness (QED) is 0.474. The molecule has 0 aliphatic heterocycles. The number of hydrogen-bond acceptors (Lipinski definition) is 3. The Morgan fingerprint density at radius 1 is 1.17 bits per heavy atom. The van der Waals surface area contributed by atoms with Crippen molar-refractivity contribution in [3.8, 4) is 0 Å². The Labute approximate surface area is 183 Å². The van der Waals surface area contributed by atoms with Crippen molar-refractivity contribution in [3.05, 3.63) is 23.3 Å². The zero-order chi connectivity index (χ0) is 21.8. The van der Waals surface area contributed by atoms with Gasteiger partial charge in [-0.2, -0.15) is 0 Å². The average Bonchev–Trinajstić information content (AvgIpc) is 3.00. The van der Waals surface area contributed by atoms with Crippen LogP contribution in [0.1, 0.15) is 86.0 Å². The fourth-order valence-corrected chi connectivity index (χ4v) is 8.12. The SMILES string of the molecule is C/C(=C/C(=O)CC(C)C)[C@H]1CC[C@H]2[C@@H]3C[C@H](O)[C@H]4C[C@@H](O)CC[C@]4(C)C3=CC[C@]12C. The minimum Gasteiger partial charge on any atom is -0.393 e. The molecule has 8 atom stereocenters. The Kier molecular flexibility index (Phi) is 5.85. The van der Waals surface area contributed by atoms with E-state index in [1.54, 1.807) is 5.57 Å². The molecule has 4 rings (SSSR count). The van der Waals surface area contributed by atoms with Gasteiger partial charge in [0.25, 0.3) is 0 Å². The summed E-state index contributed by atoms with van der Waals surface area (Å²) in [5.74, 6) is 2.38. The van der Waals surface area contributed by atoms with Gasteiger partial charge in [0.15, 0.2) is 5.78 Å². The third kappa shape index (κ3) is 3.54. The molecule has 168 valence electrons. The van der Waals surface area contributed by atoms with Crippen LogP contribution < -0.4 is 0 Å². The molecule has 30 heavy (non-hydrogen) atoms. The van der Waals surface area contributed by atoms with Crippen molar-refractivity contribution < 1.29 is 15.0 Å². The lowest BCUT2D eigenvalue weighted by Gasteiger charge is -2.58. The lowest BCUT2D eigenvalue weighted by Crippen LogP contribution is -2.53. The van der Waals surface area contributed by atoms with E-state index in [4.69, 9.17) is 0 Å². The van der Waals surface area contributed by atoms with E-state index in [-0.39, 0.29) is 34.7 Å². The first-order chi connectivity index (χ1) is 14.1. The fourth-order valence-electron chi connectivity index (χ4n) is 8.12. The van der Waals surface area contributed by atoms with Gasteiger partial charge in [-0.3, -0.25) is 4.79 Å². The summed E-state index contributed by atoms with van der Waals surface area (Å²) in [7, 11) is 0. The molecule has 0 aromatic rings. The number of aliphatic hydroxyl groups is 2. The number of carbonyl (C=O) groups is 1. The molecule has 0 aromatic heterocycles. The summed E-state index contributed by atoms with van der Waals surface area (Å²) >= 11 is 0. The van der Waals surface area contributed by atoms with Crippen LogP contribution in [0.4, 0.5) is 0 Å². The largest absolute Gasteiger partial charge is 0.393 e. The summed E-state index contributed by atoms with van der Waals surface area (Å²) in [6.07, 6.45) is 11.4. The van der Waals surface area contributed by atoms with Crippen LogP contribution in [0.3, 0.4) is 0 Å². The number of rotatable bonds is 4. The normalized spacial score (nSPS) is 46.1. The topological polar surface area (TPSA) is 57.5 Å². The maximum Gasteiger partial charge on any atom is 0.155 e.